The standard InChI is InChI=1S/C26H29FN2O4/c1-17-8-9-18(2)20(16-17)24(30)22-23(19-6-3-4-7-21(19)27)29(26(32)25(22)31)11-5-10-28-12-14-33-15-13-28/h3-4,6-9,16,23,30H,5,10-15H2,1-2H3. The van der Waals surface area contributed by atoms with Crippen LogP contribution in [0.15, 0.2) is 48.0 Å². The lowest BCUT2D eigenvalue weighted by Gasteiger charge is -2.29. The zero-order chi connectivity index (χ0) is 23.5. The van der Waals surface area contributed by atoms with Gasteiger partial charge < -0.3 is 14.7 Å². The fraction of sp³-hybridized carbons (Fsp3) is 0.385. The topological polar surface area (TPSA) is 70.1 Å². The van der Waals surface area contributed by atoms with E-state index in [0.717, 1.165) is 30.8 Å². The Morgan fingerprint density at radius 3 is 2.55 bits per heavy atom. The van der Waals surface area contributed by atoms with Crippen LogP contribution in [0.25, 0.3) is 5.76 Å². The molecule has 0 aromatic heterocycles. The van der Waals surface area contributed by atoms with Crippen molar-refractivity contribution >= 4 is 17.4 Å². The number of Topliss-reactive ketones (excluding diaryl/α,β-unsaturated/α-hetero) is 1. The van der Waals surface area contributed by atoms with Gasteiger partial charge in [-0.1, -0.05) is 35.9 Å². The lowest BCUT2D eigenvalue weighted by molar-refractivity contribution is -0.140. The molecule has 2 aromatic carbocycles. The lowest BCUT2D eigenvalue weighted by atomic mass is 9.93. The van der Waals surface area contributed by atoms with Crippen molar-refractivity contribution in [3.05, 3.63) is 76.1 Å². The molecule has 0 aliphatic carbocycles. The molecular formula is C26H29FN2O4. The zero-order valence-electron chi connectivity index (χ0n) is 19.0. The van der Waals surface area contributed by atoms with E-state index in [2.05, 4.69) is 4.90 Å². The first-order valence-corrected chi connectivity index (χ1v) is 11.3. The van der Waals surface area contributed by atoms with Gasteiger partial charge in [-0.2, -0.15) is 0 Å². The van der Waals surface area contributed by atoms with Crippen molar-refractivity contribution in [2.45, 2.75) is 26.3 Å². The van der Waals surface area contributed by atoms with Gasteiger partial charge in [0, 0.05) is 37.3 Å². The van der Waals surface area contributed by atoms with Crippen LogP contribution in [0, 0.1) is 19.7 Å². The van der Waals surface area contributed by atoms with Crippen LogP contribution in [-0.4, -0.2) is 66.0 Å². The van der Waals surface area contributed by atoms with Gasteiger partial charge in [0.1, 0.15) is 11.6 Å². The van der Waals surface area contributed by atoms with E-state index in [1.165, 1.54) is 11.0 Å². The molecule has 6 nitrogen and oxygen atoms in total. The van der Waals surface area contributed by atoms with Crippen molar-refractivity contribution in [2.75, 3.05) is 39.4 Å². The summed E-state index contributed by atoms with van der Waals surface area (Å²) in [5.74, 6) is -2.28. The normalized spacial score (nSPS) is 21.1. The van der Waals surface area contributed by atoms with E-state index in [1.807, 2.05) is 26.0 Å². The van der Waals surface area contributed by atoms with Crippen LogP contribution in [-0.2, 0) is 14.3 Å². The fourth-order valence-corrected chi connectivity index (χ4v) is 4.56. The molecule has 7 heteroatoms. The summed E-state index contributed by atoms with van der Waals surface area (Å²) in [7, 11) is 0. The van der Waals surface area contributed by atoms with Crippen LogP contribution in [0.1, 0.15) is 34.7 Å². The third kappa shape index (κ3) is 4.70. The fourth-order valence-electron chi connectivity index (χ4n) is 4.56. The Kier molecular flexibility index (Phi) is 6.91. The third-order valence-corrected chi connectivity index (χ3v) is 6.37. The first kappa shape index (κ1) is 23.1. The molecule has 2 aliphatic heterocycles. The maximum atomic E-state index is 14.9. The first-order chi connectivity index (χ1) is 15.9. The van der Waals surface area contributed by atoms with E-state index in [4.69, 9.17) is 4.74 Å². The molecule has 0 radical (unpaired) electrons. The van der Waals surface area contributed by atoms with Crippen molar-refractivity contribution in [2.24, 2.45) is 0 Å². The van der Waals surface area contributed by atoms with Crippen molar-refractivity contribution in [3.8, 4) is 0 Å². The Balaban J connectivity index is 1.72. The lowest BCUT2D eigenvalue weighted by Crippen LogP contribution is -2.39. The minimum absolute atomic E-state index is 0.0647. The molecule has 2 fully saturated rings. The minimum atomic E-state index is -0.976. The predicted molar refractivity (Wildman–Crippen MR) is 123 cm³/mol. The number of halogens is 1. The van der Waals surface area contributed by atoms with Crippen molar-refractivity contribution < 1.29 is 23.8 Å². The van der Waals surface area contributed by atoms with Crippen molar-refractivity contribution in [1.82, 2.24) is 9.80 Å². The van der Waals surface area contributed by atoms with Crippen LogP contribution in [0.2, 0.25) is 0 Å². The smallest absolute Gasteiger partial charge is 0.295 e. The summed E-state index contributed by atoms with van der Waals surface area (Å²) in [4.78, 5) is 29.8. The van der Waals surface area contributed by atoms with Gasteiger partial charge in [-0.15, -0.1) is 0 Å². The second-order valence-electron chi connectivity index (χ2n) is 8.64. The van der Waals surface area contributed by atoms with Crippen LogP contribution in [0.4, 0.5) is 4.39 Å². The molecule has 1 unspecified atom stereocenters. The summed E-state index contributed by atoms with van der Waals surface area (Å²) in [6.45, 7) is 7.73. The summed E-state index contributed by atoms with van der Waals surface area (Å²) in [6.07, 6.45) is 0.626. The second kappa shape index (κ2) is 9.85. The van der Waals surface area contributed by atoms with Gasteiger partial charge >= 0.3 is 0 Å². The zero-order valence-corrected chi connectivity index (χ0v) is 19.0. The number of aliphatic hydroxyl groups excluding tert-OH is 1. The second-order valence-corrected chi connectivity index (χ2v) is 8.64. The summed E-state index contributed by atoms with van der Waals surface area (Å²) in [5.41, 5.74) is 2.29. The van der Waals surface area contributed by atoms with Gasteiger partial charge in [-0.25, -0.2) is 4.39 Å². The summed E-state index contributed by atoms with van der Waals surface area (Å²) in [6, 6.07) is 10.7. The van der Waals surface area contributed by atoms with Gasteiger partial charge in [0.2, 0.25) is 0 Å². The van der Waals surface area contributed by atoms with E-state index in [-0.39, 0.29) is 23.4 Å². The number of hydrogen-bond acceptors (Lipinski definition) is 5. The summed E-state index contributed by atoms with van der Waals surface area (Å²) < 4.78 is 20.3. The number of carbonyl (C=O) groups excluding carboxylic acids is 2. The molecule has 2 heterocycles. The Morgan fingerprint density at radius 2 is 1.82 bits per heavy atom. The molecule has 174 valence electrons. The number of likely N-dealkylation sites (tertiary alicyclic amines) is 1. The Bertz CT molecular complexity index is 1090. The minimum Gasteiger partial charge on any atom is -0.507 e. The Morgan fingerprint density at radius 1 is 1.09 bits per heavy atom. The number of hydrogen-bond donors (Lipinski definition) is 1. The average molecular weight is 453 g/mol. The number of morpholine rings is 1. The van der Waals surface area contributed by atoms with Gasteiger partial charge in [0.05, 0.1) is 24.8 Å². The van der Waals surface area contributed by atoms with Crippen LogP contribution in [0.5, 0.6) is 0 Å². The highest BCUT2D eigenvalue weighted by atomic mass is 19.1. The average Bonchev–Trinajstić information content (AvgIpc) is 3.06. The van der Waals surface area contributed by atoms with Crippen molar-refractivity contribution in [3.63, 3.8) is 0 Å². The molecule has 1 N–H and O–H groups in total. The maximum absolute atomic E-state index is 14.9. The van der Waals surface area contributed by atoms with E-state index < -0.39 is 23.5 Å². The highest BCUT2D eigenvalue weighted by Gasteiger charge is 2.46. The molecule has 2 aromatic rings. The quantitative estimate of drug-likeness (QED) is 0.412. The third-order valence-electron chi connectivity index (χ3n) is 6.37. The molecule has 33 heavy (non-hydrogen) atoms. The Hall–Kier alpha value is -3.03. The number of rotatable bonds is 6. The van der Waals surface area contributed by atoms with Crippen LogP contribution < -0.4 is 0 Å². The highest BCUT2D eigenvalue weighted by Crippen LogP contribution is 2.40. The molecule has 0 spiro atoms. The number of aliphatic hydroxyl groups is 1. The monoisotopic (exact) mass is 452 g/mol. The van der Waals surface area contributed by atoms with E-state index >= 15 is 0 Å². The van der Waals surface area contributed by atoms with Gasteiger partial charge in [0.25, 0.3) is 11.7 Å². The van der Waals surface area contributed by atoms with Gasteiger partial charge in [0.15, 0.2) is 0 Å². The number of ether oxygens (including phenoxy) is 1. The number of ketones is 1. The van der Waals surface area contributed by atoms with E-state index in [9.17, 15) is 19.1 Å². The summed E-state index contributed by atoms with van der Waals surface area (Å²) in [5, 5.41) is 11.2. The number of carbonyl (C=O) groups is 2. The molecule has 0 bridgehead atoms. The highest BCUT2D eigenvalue weighted by molar-refractivity contribution is 6.46. The number of nitrogens with zero attached hydrogens (tertiary/aromatic N) is 2. The molecular weight excluding hydrogens is 423 g/mol. The molecule has 4 rings (SSSR count). The summed E-state index contributed by atoms with van der Waals surface area (Å²) >= 11 is 0. The van der Waals surface area contributed by atoms with Crippen LogP contribution in [0.3, 0.4) is 0 Å². The maximum Gasteiger partial charge on any atom is 0.295 e. The molecule has 2 saturated heterocycles. The molecule has 1 amide bonds. The van der Waals surface area contributed by atoms with Crippen molar-refractivity contribution in [1.29, 1.82) is 0 Å². The molecule has 2 aliphatic rings. The van der Waals surface area contributed by atoms with E-state index in [1.54, 1.807) is 24.3 Å². The molecule has 1 atom stereocenters. The SMILES string of the molecule is Cc1ccc(C)c(C(O)=C2C(=O)C(=O)N(CCCN3CCOCC3)C2c2ccccc2F)c1. The predicted octanol–water partition coefficient (Wildman–Crippen LogP) is 3.59. The van der Waals surface area contributed by atoms with Gasteiger partial charge in [-0.3, -0.25) is 14.5 Å². The Labute approximate surface area is 193 Å². The molecule has 0 saturated carbocycles. The first-order valence-electron chi connectivity index (χ1n) is 11.3. The number of benzene rings is 2. The largest absolute Gasteiger partial charge is 0.507 e. The number of amides is 1. The van der Waals surface area contributed by atoms with Crippen LogP contribution >= 0.6 is 0 Å². The van der Waals surface area contributed by atoms with E-state index in [0.29, 0.717) is 25.2 Å². The van der Waals surface area contributed by atoms with Gasteiger partial charge in [-0.05, 0) is 38.0 Å². The number of aryl methyl sites for hydroxylation is 2.